The Morgan fingerprint density at radius 3 is 2.74 bits per heavy atom. The Bertz CT molecular complexity index is 529. The summed E-state index contributed by atoms with van der Waals surface area (Å²) < 4.78 is 0. The van der Waals surface area contributed by atoms with Crippen LogP contribution in [-0.4, -0.2) is 45.8 Å². The van der Waals surface area contributed by atoms with E-state index in [1.165, 1.54) is 0 Å². The van der Waals surface area contributed by atoms with Gasteiger partial charge in [-0.15, -0.1) is 0 Å². The smallest absolute Gasteiger partial charge is 0.303 e. The predicted molar refractivity (Wildman–Crippen MR) is 104 cm³/mol. The molecule has 6 nitrogen and oxygen atoms in total. The fourth-order valence-electron chi connectivity index (χ4n) is 4.23. The van der Waals surface area contributed by atoms with Gasteiger partial charge in [0.15, 0.2) is 0 Å². The van der Waals surface area contributed by atoms with Crippen LogP contribution in [-0.2, 0) is 9.63 Å². The molecule has 0 aliphatic heterocycles. The van der Waals surface area contributed by atoms with Crippen LogP contribution in [0.15, 0.2) is 17.3 Å². The summed E-state index contributed by atoms with van der Waals surface area (Å²) in [5.41, 5.74) is 0.972. The van der Waals surface area contributed by atoms with Gasteiger partial charge < -0.3 is 20.2 Å². The molecule has 5 atom stereocenters. The number of aliphatic carboxylic acids is 1. The van der Waals surface area contributed by atoms with E-state index in [1.54, 1.807) is 0 Å². The number of aliphatic hydroxyl groups excluding tert-OH is 2. The van der Waals surface area contributed by atoms with Crippen LogP contribution in [0, 0.1) is 23.7 Å². The molecule has 2 rings (SSSR count). The van der Waals surface area contributed by atoms with E-state index in [0.717, 1.165) is 44.2 Å². The van der Waals surface area contributed by atoms with E-state index in [4.69, 9.17) is 9.94 Å². The van der Waals surface area contributed by atoms with Crippen LogP contribution in [0.5, 0.6) is 0 Å². The molecule has 0 amide bonds. The molecule has 0 saturated heterocycles. The van der Waals surface area contributed by atoms with Crippen molar-refractivity contribution in [2.75, 3.05) is 6.61 Å². The Kier molecular flexibility index (Phi) is 8.77. The molecule has 2 fully saturated rings. The highest BCUT2D eigenvalue weighted by Crippen LogP contribution is 2.48. The summed E-state index contributed by atoms with van der Waals surface area (Å²) in [6.07, 6.45) is 9.21. The number of hydrogen-bond acceptors (Lipinski definition) is 5. The van der Waals surface area contributed by atoms with Crippen LogP contribution in [0.3, 0.4) is 0 Å². The Morgan fingerprint density at radius 2 is 2.07 bits per heavy atom. The van der Waals surface area contributed by atoms with Gasteiger partial charge in [-0.25, -0.2) is 0 Å². The summed E-state index contributed by atoms with van der Waals surface area (Å²) >= 11 is 0. The van der Waals surface area contributed by atoms with Crippen LogP contribution in [0.2, 0.25) is 0 Å². The van der Waals surface area contributed by atoms with Crippen molar-refractivity contribution in [3.05, 3.63) is 12.2 Å². The Morgan fingerprint density at radius 1 is 1.33 bits per heavy atom. The van der Waals surface area contributed by atoms with Gasteiger partial charge in [-0.2, -0.15) is 0 Å². The molecule has 0 spiro atoms. The fourth-order valence-corrected chi connectivity index (χ4v) is 4.23. The molecule has 154 valence electrons. The third-order valence-corrected chi connectivity index (χ3v) is 6.21. The van der Waals surface area contributed by atoms with E-state index >= 15 is 0 Å². The molecule has 0 heterocycles. The SMILES string of the molecule is CCC(CC)CCC(O)C=CC1C[C@@H]2C(=NOCCCC(=O)O)C[C@H]2C1O. The minimum atomic E-state index is -0.828. The maximum atomic E-state index is 10.5. The lowest BCUT2D eigenvalue weighted by Gasteiger charge is -2.33. The largest absolute Gasteiger partial charge is 0.481 e. The number of rotatable bonds is 12. The van der Waals surface area contributed by atoms with E-state index in [-0.39, 0.29) is 30.3 Å². The second-order valence-electron chi connectivity index (χ2n) is 7.99. The summed E-state index contributed by atoms with van der Waals surface area (Å²) in [5, 5.41) is 33.4. The predicted octanol–water partition coefficient (Wildman–Crippen LogP) is 3.37. The number of aliphatic hydroxyl groups is 2. The van der Waals surface area contributed by atoms with Crippen molar-refractivity contribution in [1.82, 2.24) is 0 Å². The van der Waals surface area contributed by atoms with E-state index in [0.29, 0.717) is 18.9 Å². The van der Waals surface area contributed by atoms with Crippen LogP contribution in [0.25, 0.3) is 0 Å². The first-order valence-electron chi connectivity index (χ1n) is 10.4. The maximum absolute atomic E-state index is 10.5. The van der Waals surface area contributed by atoms with Crippen molar-refractivity contribution >= 4 is 11.7 Å². The van der Waals surface area contributed by atoms with Crippen molar-refractivity contribution in [3.8, 4) is 0 Å². The highest BCUT2D eigenvalue weighted by molar-refractivity contribution is 5.93. The molecule has 2 aliphatic carbocycles. The quantitative estimate of drug-likeness (QED) is 0.273. The standard InChI is InChI=1S/C21H35NO5/c1-3-14(4-2)7-9-16(23)10-8-15-12-17-18(21(15)26)13-19(17)22-27-11-5-6-20(24)25/h8,10,14-18,21,23,26H,3-7,9,11-13H2,1-2H3,(H,24,25)/t15?,16?,17-,18+,21?/m0/s1. The molecule has 0 aromatic carbocycles. The van der Waals surface area contributed by atoms with Gasteiger partial charge in [-0.3, -0.25) is 4.79 Å². The number of carboxylic acids is 1. The van der Waals surface area contributed by atoms with Crippen molar-refractivity contribution < 1.29 is 25.0 Å². The molecular formula is C21H35NO5. The molecule has 6 heteroatoms. The fraction of sp³-hybridized carbons (Fsp3) is 0.810. The molecular weight excluding hydrogens is 346 g/mol. The van der Waals surface area contributed by atoms with Gasteiger partial charge in [0.05, 0.1) is 17.9 Å². The number of oxime groups is 1. The van der Waals surface area contributed by atoms with Crippen LogP contribution < -0.4 is 0 Å². The molecule has 0 aromatic heterocycles. The molecule has 0 radical (unpaired) electrons. The second-order valence-corrected chi connectivity index (χ2v) is 7.99. The zero-order valence-corrected chi connectivity index (χ0v) is 16.6. The van der Waals surface area contributed by atoms with Gasteiger partial charge in [-0.05, 0) is 43.9 Å². The van der Waals surface area contributed by atoms with Gasteiger partial charge >= 0.3 is 5.97 Å². The number of carbonyl (C=O) groups is 1. The van der Waals surface area contributed by atoms with Crippen LogP contribution >= 0.6 is 0 Å². The summed E-state index contributed by atoms with van der Waals surface area (Å²) in [7, 11) is 0. The zero-order chi connectivity index (χ0) is 19.8. The lowest BCUT2D eigenvalue weighted by atomic mass is 9.73. The zero-order valence-electron chi connectivity index (χ0n) is 16.6. The number of nitrogens with zero attached hydrogens (tertiary/aromatic N) is 1. The molecule has 3 N–H and O–H groups in total. The third-order valence-electron chi connectivity index (χ3n) is 6.21. The summed E-state index contributed by atoms with van der Waals surface area (Å²) in [6, 6.07) is 0. The average molecular weight is 382 g/mol. The molecule has 2 saturated carbocycles. The van der Waals surface area contributed by atoms with Gasteiger partial charge in [0, 0.05) is 18.3 Å². The number of hydrogen-bond donors (Lipinski definition) is 3. The second kappa shape index (κ2) is 10.8. The first-order chi connectivity index (χ1) is 13.0. The number of carboxylic acid groups (broad SMARTS) is 1. The Hall–Kier alpha value is -1.40. The van der Waals surface area contributed by atoms with E-state index in [9.17, 15) is 15.0 Å². The minimum Gasteiger partial charge on any atom is -0.481 e. The van der Waals surface area contributed by atoms with E-state index in [1.807, 2.05) is 12.2 Å². The Labute approximate surface area is 162 Å². The molecule has 3 unspecified atom stereocenters. The molecule has 0 bridgehead atoms. The van der Waals surface area contributed by atoms with Gasteiger partial charge in [0.2, 0.25) is 0 Å². The van der Waals surface area contributed by atoms with Crippen molar-refractivity contribution in [1.29, 1.82) is 0 Å². The van der Waals surface area contributed by atoms with Crippen LogP contribution in [0.1, 0.15) is 65.2 Å². The molecule has 27 heavy (non-hydrogen) atoms. The molecule has 2 aliphatic rings. The number of fused-ring (bicyclic) bond motifs is 1. The van der Waals surface area contributed by atoms with Gasteiger partial charge in [0.1, 0.15) is 6.61 Å². The third kappa shape index (κ3) is 6.32. The van der Waals surface area contributed by atoms with Crippen molar-refractivity contribution in [2.45, 2.75) is 77.4 Å². The maximum Gasteiger partial charge on any atom is 0.303 e. The van der Waals surface area contributed by atoms with Crippen LogP contribution in [0.4, 0.5) is 0 Å². The highest BCUT2D eigenvalue weighted by Gasteiger charge is 2.51. The Balaban J connectivity index is 1.73. The lowest BCUT2D eigenvalue weighted by Crippen LogP contribution is -2.38. The average Bonchev–Trinajstić information content (AvgIpc) is 2.87. The first kappa shape index (κ1) is 21.9. The topological polar surface area (TPSA) is 99.4 Å². The van der Waals surface area contributed by atoms with Gasteiger partial charge in [-0.1, -0.05) is 44.0 Å². The molecule has 0 aromatic rings. The summed E-state index contributed by atoms with van der Waals surface area (Å²) in [6.45, 7) is 4.69. The summed E-state index contributed by atoms with van der Waals surface area (Å²) in [5.74, 6) is 0.377. The highest BCUT2D eigenvalue weighted by atomic mass is 16.6. The van der Waals surface area contributed by atoms with Crippen molar-refractivity contribution in [2.24, 2.45) is 28.8 Å². The normalized spacial score (nSPS) is 29.9. The van der Waals surface area contributed by atoms with E-state index < -0.39 is 12.1 Å². The van der Waals surface area contributed by atoms with Gasteiger partial charge in [0.25, 0.3) is 0 Å². The minimum absolute atomic E-state index is 0.0579. The van der Waals surface area contributed by atoms with Crippen molar-refractivity contribution in [3.63, 3.8) is 0 Å². The lowest BCUT2D eigenvalue weighted by molar-refractivity contribution is -0.137. The first-order valence-corrected chi connectivity index (χ1v) is 10.4. The summed E-state index contributed by atoms with van der Waals surface area (Å²) in [4.78, 5) is 15.7. The van der Waals surface area contributed by atoms with E-state index in [2.05, 4.69) is 19.0 Å². The monoisotopic (exact) mass is 381 g/mol.